The van der Waals surface area contributed by atoms with E-state index in [9.17, 15) is 19.6 Å². The molecule has 2 aromatic heterocycles. The van der Waals surface area contributed by atoms with Gasteiger partial charge in [-0.05, 0) is 68.0 Å². The topological polar surface area (TPSA) is 110 Å². The Morgan fingerprint density at radius 1 is 0.860 bits per heavy atom. The number of amides is 2. The molecule has 0 N–H and O–H groups in total. The van der Waals surface area contributed by atoms with E-state index in [1.165, 1.54) is 25.5 Å². The Balaban J connectivity index is 2.10. The third kappa shape index (κ3) is 5.11. The van der Waals surface area contributed by atoms with Gasteiger partial charge in [0.2, 0.25) is 11.8 Å². The van der Waals surface area contributed by atoms with Crippen LogP contribution >= 0.6 is 12.2 Å². The number of imide groups is 1. The number of carbonyl (C=O) groups is 2. The summed E-state index contributed by atoms with van der Waals surface area (Å²) in [6.07, 6.45) is 0. The van der Waals surface area contributed by atoms with Crippen molar-refractivity contribution in [1.82, 2.24) is 14.1 Å². The minimum atomic E-state index is -0.634. The Bertz CT molecular complexity index is 2060. The number of hydrogen-bond donors (Lipinski definition) is 0. The van der Waals surface area contributed by atoms with Crippen LogP contribution in [0.1, 0.15) is 30.5 Å². The summed E-state index contributed by atoms with van der Waals surface area (Å²) in [6.45, 7) is 6.31. The number of rotatable bonds is 5. The van der Waals surface area contributed by atoms with E-state index in [0.717, 1.165) is 16.0 Å². The van der Waals surface area contributed by atoms with Crippen molar-refractivity contribution in [3.63, 3.8) is 0 Å². The first-order valence-corrected chi connectivity index (χ1v) is 13.7. The van der Waals surface area contributed by atoms with Crippen LogP contribution in [0.2, 0.25) is 0 Å². The summed E-state index contributed by atoms with van der Waals surface area (Å²) in [6, 6.07) is 23.8. The molecule has 0 saturated heterocycles. The summed E-state index contributed by atoms with van der Waals surface area (Å²) in [4.78, 5) is 45.6. The van der Waals surface area contributed by atoms with Crippen molar-refractivity contribution in [3.8, 4) is 34.3 Å². The maximum absolute atomic E-state index is 14.6. The molecule has 5 rings (SSSR count). The normalized spacial score (nSPS) is 10.8. The summed E-state index contributed by atoms with van der Waals surface area (Å²) in [7, 11) is 1.53. The standard InChI is InChI=1S/C33H27N5O4S/c1-19-6-12-24(13-7-19)37-31-29(32(41)38(33(37)43)25-14-8-20(2)9-15-25)28(23-10-16-26(42-5)17-11-23)27(18-34)30(35-31)36(21(3)39)22(4)40/h6-17H,1-5H3. The molecular weight excluding hydrogens is 562 g/mol. The first kappa shape index (κ1) is 29.1. The minimum absolute atomic E-state index is 0.0901. The highest BCUT2D eigenvalue weighted by Gasteiger charge is 2.29. The summed E-state index contributed by atoms with van der Waals surface area (Å²) in [5.74, 6) is -0.895. The molecule has 9 nitrogen and oxygen atoms in total. The molecule has 0 spiro atoms. The largest absolute Gasteiger partial charge is 0.497 e. The van der Waals surface area contributed by atoms with Crippen LogP contribution in [-0.4, -0.2) is 33.0 Å². The van der Waals surface area contributed by atoms with Gasteiger partial charge >= 0.3 is 0 Å². The third-order valence-electron chi connectivity index (χ3n) is 7.09. The number of fused-ring (bicyclic) bond motifs is 1. The highest BCUT2D eigenvalue weighted by Crippen LogP contribution is 2.37. The van der Waals surface area contributed by atoms with E-state index in [2.05, 4.69) is 6.07 Å². The van der Waals surface area contributed by atoms with Crippen LogP contribution in [0, 0.1) is 29.9 Å². The van der Waals surface area contributed by atoms with Crippen LogP contribution in [0.3, 0.4) is 0 Å². The fourth-order valence-electron chi connectivity index (χ4n) is 5.00. The molecule has 0 saturated carbocycles. The Morgan fingerprint density at radius 3 is 1.84 bits per heavy atom. The summed E-state index contributed by atoms with van der Waals surface area (Å²) in [5, 5.41) is 10.6. The molecule has 2 amide bonds. The lowest BCUT2D eigenvalue weighted by Crippen LogP contribution is -2.35. The van der Waals surface area contributed by atoms with Gasteiger partial charge in [0.05, 0.1) is 18.2 Å². The second-order valence-electron chi connectivity index (χ2n) is 10.0. The maximum atomic E-state index is 14.6. The molecule has 10 heteroatoms. The minimum Gasteiger partial charge on any atom is -0.497 e. The number of ether oxygens (including phenoxy) is 1. The molecule has 0 atom stereocenters. The number of anilines is 1. The van der Waals surface area contributed by atoms with Gasteiger partial charge in [0.1, 0.15) is 17.4 Å². The zero-order valence-corrected chi connectivity index (χ0v) is 25.0. The molecule has 0 aliphatic carbocycles. The predicted octanol–water partition coefficient (Wildman–Crippen LogP) is 5.97. The van der Waals surface area contributed by atoms with Gasteiger partial charge in [-0.25, -0.2) is 9.88 Å². The quantitative estimate of drug-likeness (QED) is 0.232. The molecule has 0 unspecified atom stereocenters. The van der Waals surface area contributed by atoms with E-state index in [1.54, 1.807) is 41.0 Å². The Labute approximate surface area is 252 Å². The molecule has 0 fully saturated rings. The van der Waals surface area contributed by atoms with Gasteiger partial charge in [0.15, 0.2) is 16.2 Å². The van der Waals surface area contributed by atoms with Crippen LogP contribution in [0.4, 0.5) is 5.82 Å². The van der Waals surface area contributed by atoms with Gasteiger partial charge in [-0.2, -0.15) is 5.26 Å². The van der Waals surface area contributed by atoms with Crippen LogP contribution in [-0.2, 0) is 9.59 Å². The molecule has 5 aromatic rings. The second kappa shape index (κ2) is 11.5. The van der Waals surface area contributed by atoms with Crippen molar-refractivity contribution in [3.05, 3.63) is 105 Å². The van der Waals surface area contributed by atoms with Gasteiger partial charge in [-0.15, -0.1) is 0 Å². The van der Waals surface area contributed by atoms with E-state index < -0.39 is 17.4 Å². The number of benzene rings is 3. The Hall–Kier alpha value is -5.40. The molecular formula is C33H27N5O4S. The molecule has 0 radical (unpaired) electrons. The number of aryl methyl sites for hydroxylation is 2. The number of methoxy groups -OCH3 is 1. The van der Waals surface area contributed by atoms with Gasteiger partial charge in [-0.3, -0.25) is 23.5 Å². The van der Waals surface area contributed by atoms with Crippen LogP contribution in [0.5, 0.6) is 5.75 Å². The Kier molecular flexibility index (Phi) is 7.76. The number of nitrogens with zero attached hydrogens (tertiary/aromatic N) is 5. The monoisotopic (exact) mass is 589 g/mol. The zero-order valence-electron chi connectivity index (χ0n) is 24.2. The molecule has 0 aliphatic rings. The molecule has 3 aromatic carbocycles. The van der Waals surface area contributed by atoms with Gasteiger partial charge < -0.3 is 4.74 Å². The fourth-order valence-corrected chi connectivity index (χ4v) is 5.38. The van der Waals surface area contributed by atoms with Crippen molar-refractivity contribution in [2.75, 3.05) is 12.0 Å². The molecule has 0 aliphatic heterocycles. The number of nitriles is 1. The van der Waals surface area contributed by atoms with Crippen LogP contribution in [0.15, 0.2) is 77.6 Å². The van der Waals surface area contributed by atoms with Crippen molar-refractivity contribution in [2.24, 2.45) is 0 Å². The third-order valence-corrected chi connectivity index (χ3v) is 7.45. The van der Waals surface area contributed by atoms with E-state index in [1.807, 2.05) is 50.2 Å². The smallest absolute Gasteiger partial charge is 0.269 e. The highest BCUT2D eigenvalue weighted by molar-refractivity contribution is 7.71. The van der Waals surface area contributed by atoms with Gasteiger partial charge in [0.25, 0.3) is 5.56 Å². The van der Waals surface area contributed by atoms with Crippen LogP contribution in [0.25, 0.3) is 33.5 Å². The number of pyridine rings is 1. The van der Waals surface area contributed by atoms with Gasteiger partial charge in [-0.1, -0.05) is 47.5 Å². The summed E-state index contributed by atoms with van der Waals surface area (Å²) < 4.78 is 8.47. The Morgan fingerprint density at radius 2 is 1.37 bits per heavy atom. The van der Waals surface area contributed by atoms with Crippen molar-refractivity contribution >= 4 is 40.9 Å². The van der Waals surface area contributed by atoms with E-state index in [0.29, 0.717) is 22.7 Å². The molecule has 2 heterocycles. The average Bonchev–Trinajstić information content (AvgIpc) is 2.98. The predicted molar refractivity (Wildman–Crippen MR) is 168 cm³/mol. The first-order chi connectivity index (χ1) is 20.6. The zero-order chi connectivity index (χ0) is 31.0. The first-order valence-electron chi connectivity index (χ1n) is 13.3. The van der Waals surface area contributed by atoms with Crippen molar-refractivity contribution < 1.29 is 14.3 Å². The number of carbonyl (C=O) groups excluding carboxylic acids is 2. The van der Waals surface area contributed by atoms with Crippen molar-refractivity contribution in [2.45, 2.75) is 27.7 Å². The van der Waals surface area contributed by atoms with E-state index in [4.69, 9.17) is 21.9 Å². The van der Waals surface area contributed by atoms with Gasteiger partial charge in [0, 0.05) is 25.1 Å². The summed E-state index contributed by atoms with van der Waals surface area (Å²) >= 11 is 5.96. The molecule has 43 heavy (non-hydrogen) atoms. The number of aromatic nitrogens is 3. The SMILES string of the molecule is COc1ccc(-c2c(C#N)c(N(C(C)=O)C(C)=O)nc3c2c(=O)n(-c2ccc(C)cc2)c(=S)n3-c2ccc(C)cc2)cc1. The number of hydrogen-bond acceptors (Lipinski definition) is 7. The second-order valence-corrected chi connectivity index (χ2v) is 10.4. The van der Waals surface area contributed by atoms with E-state index in [-0.39, 0.29) is 32.7 Å². The highest BCUT2D eigenvalue weighted by atomic mass is 32.1. The lowest BCUT2D eigenvalue weighted by molar-refractivity contribution is -0.124. The fraction of sp³-hybridized carbons (Fsp3) is 0.152. The maximum Gasteiger partial charge on any atom is 0.269 e. The average molecular weight is 590 g/mol. The lowest BCUT2D eigenvalue weighted by Gasteiger charge is -2.23. The summed E-state index contributed by atoms with van der Waals surface area (Å²) in [5.41, 5.74) is 3.30. The molecule has 214 valence electrons. The van der Waals surface area contributed by atoms with Crippen molar-refractivity contribution in [1.29, 1.82) is 5.26 Å². The van der Waals surface area contributed by atoms with Crippen LogP contribution < -0.4 is 15.2 Å². The molecule has 0 bridgehead atoms. The lowest BCUT2D eigenvalue weighted by atomic mass is 9.97. The van der Waals surface area contributed by atoms with E-state index >= 15 is 0 Å².